The normalized spacial score (nSPS) is 10.7. The molecule has 26 heavy (non-hydrogen) atoms. The third-order valence-electron chi connectivity index (χ3n) is 4.54. The molecule has 0 radical (unpaired) electrons. The number of hydrogen-bond acceptors (Lipinski definition) is 3. The molecule has 0 spiro atoms. The van der Waals surface area contributed by atoms with Gasteiger partial charge >= 0.3 is 11.9 Å². The Morgan fingerprint density at radius 3 is 1.92 bits per heavy atom. The summed E-state index contributed by atoms with van der Waals surface area (Å²) in [5.41, 5.74) is 1.59. The summed E-state index contributed by atoms with van der Waals surface area (Å²) in [6.07, 6.45) is 0. The van der Waals surface area contributed by atoms with Gasteiger partial charge in [-0.2, -0.15) is 0 Å². The fraction of sp³-hybridized carbons (Fsp3) is 0.0952. The van der Waals surface area contributed by atoms with Crippen LogP contribution in [0.3, 0.4) is 0 Å². The van der Waals surface area contributed by atoms with Crippen LogP contribution in [0.4, 0.5) is 0 Å². The van der Waals surface area contributed by atoms with Gasteiger partial charge < -0.3 is 10.2 Å². The monoisotopic (exact) mass is 348 g/mol. The van der Waals surface area contributed by atoms with Crippen LogP contribution in [0.25, 0.3) is 10.8 Å². The van der Waals surface area contributed by atoms with Crippen LogP contribution >= 0.6 is 0 Å². The maximum atomic E-state index is 13.1. The molecule has 3 aromatic rings. The Hall–Kier alpha value is -3.47. The van der Waals surface area contributed by atoms with E-state index in [4.69, 9.17) is 0 Å². The quantitative estimate of drug-likeness (QED) is 0.693. The van der Waals surface area contributed by atoms with E-state index in [0.717, 1.165) is 0 Å². The van der Waals surface area contributed by atoms with Gasteiger partial charge in [-0.1, -0.05) is 36.4 Å². The zero-order valence-electron chi connectivity index (χ0n) is 14.2. The molecule has 2 N–H and O–H groups in total. The summed E-state index contributed by atoms with van der Waals surface area (Å²) < 4.78 is 0. The number of carboxylic acids is 2. The summed E-state index contributed by atoms with van der Waals surface area (Å²) in [6, 6.07) is 12.9. The number of carbonyl (C=O) groups excluding carboxylic acids is 1. The summed E-state index contributed by atoms with van der Waals surface area (Å²) in [4.78, 5) is 36.2. The van der Waals surface area contributed by atoms with Crippen molar-refractivity contribution < 1.29 is 24.6 Å². The molecule has 0 aliphatic carbocycles. The van der Waals surface area contributed by atoms with Gasteiger partial charge in [-0.15, -0.1) is 0 Å². The molecule has 3 rings (SSSR count). The highest BCUT2D eigenvalue weighted by Crippen LogP contribution is 2.32. The van der Waals surface area contributed by atoms with Crippen molar-refractivity contribution >= 4 is 28.5 Å². The lowest BCUT2D eigenvalue weighted by Gasteiger charge is -2.16. The molecule has 0 aliphatic rings. The van der Waals surface area contributed by atoms with E-state index in [-0.39, 0.29) is 22.5 Å². The van der Waals surface area contributed by atoms with Crippen molar-refractivity contribution in [2.75, 3.05) is 0 Å². The molecular weight excluding hydrogens is 332 g/mol. The number of fused-ring (bicyclic) bond motifs is 1. The smallest absolute Gasteiger partial charge is 0.336 e. The summed E-state index contributed by atoms with van der Waals surface area (Å²) in [7, 11) is 0. The predicted molar refractivity (Wildman–Crippen MR) is 97.2 cm³/mol. The van der Waals surface area contributed by atoms with Crippen LogP contribution in [0, 0.1) is 13.8 Å². The molecule has 130 valence electrons. The van der Waals surface area contributed by atoms with Gasteiger partial charge in [0.05, 0.1) is 11.1 Å². The van der Waals surface area contributed by atoms with E-state index >= 15 is 0 Å². The zero-order valence-corrected chi connectivity index (χ0v) is 14.2. The first kappa shape index (κ1) is 17.4. The Kier molecular flexibility index (Phi) is 4.30. The van der Waals surface area contributed by atoms with Gasteiger partial charge in [-0.3, -0.25) is 4.79 Å². The Labute approximate surface area is 149 Å². The number of carboxylic acid groups (broad SMARTS) is 2. The molecule has 5 heteroatoms. The first-order chi connectivity index (χ1) is 12.3. The predicted octanol–water partition coefficient (Wildman–Crippen LogP) is 4.08. The molecule has 0 saturated carbocycles. The lowest BCUT2D eigenvalue weighted by atomic mass is 9.86. The van der Waals surface area contributed by atoms with E-state index in [1.54, 1.807) is 50.2 Å². The zero-order chi connectivity index (χ0) is 19.0. The highest BCUT2D eigenvalue weighted by molar-refractivity contribution is 6.20. The Bertz CT molecular complexity index is 1060. The standard InChI is InChI=1S/C21H16O5/c1-11-15-9-8-14(20(23)24)10-16(15)18(12(2)17(11)21(25)26)19(22)13-6-4-3-5-7-13/h3-10H,1-2H3,(H,23,24)(H,25,26). The largest absolute Gasteiger partial charge is 0.478 e. The third-order valence-corrected chi connectivity index (χ3v) is 4.54. The maximum absolute atomic E-state index is 13.1. The molecule has 3 aromatic carbocycles. The summed E-state index contributed by atoms with van der Waals surface area (Å²) in [5.74, 6) is -2.56. The molecule has 0 heterocycles. The molecule has 0 bridgehead atoms. The van der Waals surface area contributed by atoms with Crippen LogP contribution in [-0.2, 0) is 0 Å². The van der Waals surface area contributed by atoms with Crippen LogP contribution in [0.1, 0.15) is 47.8 Å². The molecule has 0 atom stereocenters. The van der Waals surface area contributed by atoms with Crippen LogP contribution in [-0.4, -0.2) is 27.9 Å². The Balaban J connectivity index is 2.45. The van der Waals surface area contributed by atoms with Gasteiger partial charge in [0.25, 0.3) is 0 Å². The van der Waals surface area contributed by atoms with Crippen molar-refractivity contribution in [3.05, 3.63) is 81.9 Å². The fourth-order valence-electron chi connectivity index (χ4n) is 3.30. The summed E-state index contributed by atoms with van der Waals surface area (Å²) >= 11 is 0. The molecule has 0 amide bonds. The van der Waals surface area contributed by atoms with E-state index < -0.39 is 11.9 Å². The lowest BCUT2D eigenvalue weighted by Crippen LogP contribution is -2.12. The minimum atomic E-state index is -1.12. The molecule has 0 fully saturated rings. The average molecular weight is 348 g/mol. The molecule has 0 unspecified atom stereocenters. The van der Waals surface area contributed by atoms with Crippen molar-refractivity contribution in [3.8, 4) is 0 Å². The second-order valence-electron chi connectivity index (χ2n) is 6.07. The van der Waals surface area contributed by atoms with Crippen LogP contribution < -0.4 is 0 Å². The Morgan fingerprint density at radius 2 is 1.35 bits per heavy atom. The van der Waals surface area contributed by atoms with E-state index in [1.807, 2.05) is 0 Å². The van der Waals surface area contributed by atoms with Gasteiger partial charge in [-0.05, 0) is 47.9 Å². The average Bonchev–Trinajstić information content (AvgIpc) is 2.61. The number of rotatable bonds is 4. The topological polar surface area (TPSA) is 91.7 Å². The van der Waals surface area contributed by atoms with Crippen molar-refractivity contribution in [1.29, 1.82) is 0 Å². The van der Waals surface area contributed by atoms with E-state index in [0.29, 0.717) is 27.5 Å². The van der Waals surface area contributed by atoms with Gasteiger partial charge in [0.15, 0.2) is 5.78 Å². The van der Waals surface area contributed by atoms with Gasteiger partial charge in [0.2, 0.25) is 0 Å². The maximum Gasteiger partial charge on any atom is 0.336 e. The van der Waals surface area contributed by atoms with Crippen molar-refractivity contribution in [3.63, 3.8) is 0 Å². The number of hydrogen-bond donors (Lipinski definition) is 2. The molecule has 0 aromatic heterocycles. The third kappa shape index (κ3) is 2.73. The van der Waals surface area contributed by atoms with Gasteiger partial charge in [0.1, 0.15) is 0 Å². The second-order valence-corrected chi connectivity index (χ2v) is 6.07. The van der Waals surface area contributed by atoms with E-state index in [9.17, 15) is 24.6 Å². The molecule has 0 saturated heterocycles. The number of carbonyl (C=O) groups is 3. The van der Waals surface area contributed by atoms with Gasteiger partial charge in [-0.25, -0.2) is 9.59 Å². The fourth-order valence-corrected chi connectivity index (χ4v) is 3.30. The number of ketones is 1. The SMILES string of the molecule is Cc1c(C(=O)O)c(C)c2ccc(C(=O)O)cc2c1C(=O)c1ccccc1. The minimum Gasteiger partial charge on any atom is -0.478 e. The summed E-state index contributed by atoms with van der Waals surface area (Å²) in [5, 5.41) is 19.9. The van der Waals surface area contributed by atoms with Crippen molar-refractivity contribution in [1.82, 2.24) is 0 Å². The number of aromatic carboxylic acids is 2. The van der Waals surface area contributed by atoms with Crippen molar-refractivity contribution in [2.24, 2.45) is 0 Å². The highest BCUT2D eigenvalue weighted by Gasteiger charge is 2.24. The molecular formula is C21H16O5. The van der Waals surface area contributed by atoms with E-state index in [2.05, 4.69) is 0 Å². The first-order valence-electron chi connectivity index (χ1n) is 7.96. The minimum absolute atomic E-state index is 0.0430. The lowest BCUT2D eigenvalue weighted by molar-refractivity contribution is 0.0684. The number of aryl methyl sites for hydroxylation is 1. The highest BCUT2D eigenvalue weighted by atomic mass is 16.4. The van der Waals surface area contributed by atoms with Crippen LogP contribution in [0.2, 0.25) is 0 Å². The van der Waals surface area contributed by atoms with Crippen LogP contribution in [0.5, 0.6) is 0 Å². The van der Waals surface area contributed by atoms with E-state index in [1.165, 1.54) is 12.1 Å². The summed E-state index contributed by atoms with van der Waals surface area (Å²) in [6.45, 7) is 3.25. The van der Waals surface area contributed by atoms with Crippen molar-refractivity contribution in [2.45, 2.75) is 13.8 Å². The molecule has 0 aliphatic heterocycles. The number of benzene rings is 3. The molecule has 5 nitrogen and oxygen atoms in total. The second kappa shape index (κ2) is 6.44. The van der Waals surface area contributed by atoms with Crippen LogP contribution in [0.15, 0.2) is 48.5 Å². The first-order valence-corrected chi connectivity index (χ1v) is 7.96. The Morgan fingerprint density at radius 1 is 0.692 bits per heavy atom. The van der Waals surface area contributed by atoms with Gasteiger partial charge in [0, 0.05) is 11.1 Å².